The van der Waals surface area contributed by atoms with E-state index in [1.54, 1.807) is 6.07 Å². The van der Waals surface area contributed by atoms with Gasteiger partial charge in [0.15, 0.2) is 9.84 Å². The van der Waals surface area contributed by atoms with Gasteiger partial charge in [-0.1, -0.05) is 0 Å². The van der Waals surface area contributed by atoms with Gasteiger partial charge in [-0.2, -0.15) is 0 Å². The maximum atomic E-state index is 11.0. The second-order valence-corrected chi connectivity index (χ2v) is 5.33. The van der Waals surface area contributed by atoms with Crippen molar-refractivity contribution in [2.24, 2.45) is 0 Å². The number of nitrogens with two attached hydrogens (primary N) is 1. The van der Waals surface area contributed by atoms with Crippen LogP contribution in [0.2, 0.25) is 0 Å². The first kappa shape index (κ1) is 9.54. The van der Waals surface area contributed by atoms with Crippen molar-refractivity contribution in [3.05, 3.63) is 22.7 Å². The fourth-order valence-electron chi connectivity index (χ4n) is 0.752. The summed E-state index contributed by atoms with van der Waals surface area (Å²) in [6.45, 7) is 0. The van der Waals surface area contributed by atoms with Crippen LogP contribution in [0.5, 0.6) is 0 Å². The Morgan fingerprint density at radius 3 is 2.42 bits per heavy atom. The van der Waals surface area contributed by atoms with Gasteiger partial charge in [0.2, 0.25) is 0 Å². The molecule has 0 aliphatic carbocycles. The summed E-state index contributed by atoms with van der Waals surface area (Å²) in [4.78, 5) is 0.239. The summed E-state index contributed by atoms with van der Waals surface area (Å²) in [6, 6.07) is 4.56. The van der Waals surface area contributed by atoms with Gasteiger partial charge in [0, 0.05) is 16.4 Å². The molecular formula is C7H8BrNO2S. The summed E-state index contributed by atoms with van der Waals surface area (Å²) in [5.41, 5.74) is 5.93. The number of halogens is 1. The third-order valence-electron chi connectivity index (χ3n) is 1.40. The number of sulfone groups is 1. The fraction of sp³-hybridized carbons (Fsp3) is 0.143. The normalized spacial score (nSPS) is 11.5. The maximum absolute atomic E-state index is 11.0. The molecule has 1 aromatic carbocycles. The molecule has 0 amide bonds. The second-order valence-electron chi connectivity index (χ2n) is 2.46. The Kier molecular flexibility index (Phi) is 2.44. The van der Waals surface area contributed by atoms with E-state index >= 15 is 0 Å². The lowest BCUT2D eigenvalue weighted by Gasteiger charge is -2.00. The van der Waals surface area contributed by atoms with Crippen LogP contribution >= 0.6 is 15.9 Å². The summed E-state index contributed by atoms with van der Waals surface area (Å²) in [7, 11) is -3.14. The summed E-state index contributed by atoms with van der Waals surface area (Å²) in [5.74, 6) is 0. The van der Waals surface area contributed by atoms with Crippen LogP contribution in [0.1, 0.15) is 0 Å². The molecule has 0 spiro atoms. The lowest BCUT2D eigenvalue weighted by molar-refractivity contribution is 0.602. The molecule has 0 atom stereocenters. The third kappa shape index (κ3) is 1.98. The van der Waals surface area contributed by atoms with Crippen LogP contribution in [0.4, 0.5) is 5.69 Å². The zero-order chi connectivity index (χ0) is 9.35. The smallest absolute Gasteiger partial charge is 0.175 e. The summed E-state index contributed by atoms with van der Waals surface area (Å²) in [6.07, 6.45) is 1.15. The van der Waals surface area contributed by atoms with Gasteiger partial charge in [-0.3, -0.25) is 0 Å². The highest BCUT2D eigenvalue weighted by Gasteiger charge is 2.07. The Balaban J connectivity index is 3.33. The zero-order valence-corrected chi connectivity index (χ0v) is 8.81. The average Bonchev–Trinajstić information content (AvgIpc) is 1.92. The van der Waals surface area contributed by atoms with Crippen molar-refractivity contribution in [1.29, 1.82) is 0 Å². The Labute approximate surface area is 79.6 Å². The molecule has 0 fully saturated rings. The van der Waals surface area contributed by atoms with Crippen LogP contribution in [0, 0.1) is 0 Å². The highest BCUT2D eigenvalue weighted by molar-refractivity contribution is 9.10. The van der Waals surface area contributed by atoms with Crippen molar-refractivity contribution >= 4 is 31.5 Å². The zero-order valence-electron chi connectivity index (χ0n) is 6.41. The van der Waals surface area contributed by atoms with Crippen molar-refractivity contribution in [1.82, 2.24) is 0 Å². The number of rotatable bonds is 1. The van der Waals surface area contributed by atoms with Gasteiger partial charge in [-0.25, -0.2) is 8.42 Å². The van der Waals surface area contributed by atoms with E-state index in [0.717, 1.165) is 6.26 Å². The SMILES string of the molecule is CS(=O)(=O)c1ccc(Br)c(N)c1. The van der Waals surface area contributed by atoms with Crippen molar-refractivity contribution in [2.45, 2.75) is 4.90 Å². The van der Waals surface area contributed by atoms with Gasteiger partial charge < -0.3 is 5.73 Å². The van der Waals surface area contributed by atoms with E-state index in [4.69, 9.17) is 5.73 Å². The highest BCUT2D eigenvalue weighted by atomic mass is 79.9. The molecule has 66 valence electrons. The molecule has 0 heterocycles. The van der Waals surface area contributed by atoms with Crippen molar-refractivity contribution in [3.8, 4) is 0 Å². The van der Waals surface area contributed by atoms with Crippen LogP contribution in [0.15, 0.2) is 27.6 Å². The molecule has 0 aliphatic rings. The van der Waals surface area contributed by atoms with Crippen LogP contribution in [-0.2, 0) is 9.84 Å². The third-order valence-corrected chi connectivity index (χ3v) is 3.23. The molecule has 0 aromatic heterocycles. The van der Waals surface area contributed by atoms with Crippen LogP contribution in [0.25, 0.3) is 0 Å². The van der Waals surface area contributed by atoms with Crippen LogP contribution < -0.4 is 5.73 Å². The van der Waals surface area contributed by atoms with Crippen molar-refractivity contribution < 1.29 is 8.42 Å². The van der Waals surface area contributed by atoms with Crippen LogP contribution in [-0.4, -0.2) is 14.7 Å². The number of hydrogen-bond acceptors (Lipinski definition) is 3. The minimum absolute atomic E-state index is 0.239. The monoisotopic (exact) mass is 249 g/mol. The molecule has 12 heavy (non-hydrogen) atoms. The lowest BCUT2D eigenvalue weighted by Crippen LogP contribution is -1.98. The fourth-order valence-corrected chi connectivity index (χ4v) is 1.66. The summed E-state index contributed by atoms with van der Waals surface area (Å²) >= 11 is 3.18. The topological polar surface area (TPSA) is 60.2 Å². The molecule has 0 bridgehead atoms. The molecule has 2 N–H and O–H groups in total. The van der Waals surface area contributed by atoms with Gasteiger partial charge in [0.25, 0.3) is 0 Å². The van der Waals surface area contributed by atoms with E-state index < -0.39 is 9.84 Å². The Bertz CT molecular complexity index is 400. The van der Waals surface area contributed by atoms with Gasteiger partial charge in [-0.15, -0.1) is 0 Å². The predicted molar refractivity (Wildman–Crippen MR) is 51.7 cm³/mol. The first-order valence-corrected chi connectivity index (χ1v) is 5.85. The molecule has 0 radical (unpaired) electrons. The summed E-state index contributed by atoms with van der Waals surface area (Å²) in [5, 5.41) is 0. The molecule has 3 nitrogen and oxygen atoms in total. The Hall–Kier alpha value is -0.550. The van der Waals surface area contributed by atoms with Crippen molar-refractivity contribution in [2.75, 3.05) is 12.0 Å². The number of benzene rings is 1. The molecule has 0 unspecified atom stereocenters. The summed E-state index contributed by atoms with van der Waals surface area (Å²) < 4.78 is 22.8. The standard InChI is InChI=1S/C7H8BrNO2S/c1-12(10,11)5-2-3-6(8)7(9)4-5/h2-4H,9H2,1H3. The van der Waals surface area contributed by atoms with Crippen molar-refractivity contribution in [3.63, 3.8) is 0 Å². The molecule has 5 heteroatoms. The van der Waals surface area contributed by atoms with Gasteiger partial charge in [-0.05, 0) is 34.1 Å². The number of hydrogen-bond donors (Lipinski definition) is 1. The van der Waals surface area contributed by atoms with E-state index in [-0.39, 0.29) is 4.90 Å². The van der Waals surface area contributed by atoms with Gasteiger partial charge in [0.05, 0.1) is 4.90 Å². The predicted octanol–water partition coefficient (Wildman–Crippen LogP) is 1.43. The van der Waals surface area contributed by atoms with E-state index in [9.17, 15) is 8.42 Å². The minimum Gasteiger partial charge on any atom is -0.398 e. The number of nitrogen functional groups attached to an aromatic ring is 1. The largest absolute Gasteiger partial charge is 0.398 e. The minimum atomic E-state index is -3.14. The van der Waals surface area contributed by atoms with E-state index in [1.165, 1.54) is 12.1 Å². The van der Waals surface area contributed by atoms with Gasteiger partial charge in [0.1, 0.15) is 0 Å². The molecule has 0 aliphatic heterocycles. The first-order chi connectivity index (χ1) is 5.41. The molecular weight excluding hydrogens is 242 g/mol. The van der Waals surface area contributed by atoms with E-state index in [1.807, 2.05) is 0 Å². The average molecular weight is 250 g/mol. The maximum Gasteiger partial charge on any atom is 0.175 e. The molecule has 1 aromatic rings. The van der Waals surface area contributed by atoms with Gasteiger partial charge >= 0.3 is 0 Å². The molecule has 0 saturated heterocycles. The van der Waals surface area contributed by atoms with Crippen LogP contribution in [0.3, 0.4) is 0 Å². The van der Waals surface area contributed by atoms with E-state index in [2.05, 4.69) is 15.9 Å². The highest BCUT2D eigenvalue weighted by Crippen LogP contribution is 2.22. The Morgan fingerprint density at radius 2 is 2.00 bits per heavy atom. The molecule has 1 rings (SSSR count). The number of anilines is 1. The second kappa shape index (κ2) is 3.06. The quantitative estimate of drug-likeness (QED) is 0.767. The first-order valence-electron chi connectivity index (χ1n) is 3.16. The van der Waals surface area contributed by atoms with E-state index in [0.29, 0.717) is 10.2 Å². The lowest BCUT2D eigenvalue weighted by atomic mass is 10.3. The molecule has 0 saturated carbocycles. The Morgan fingerprint density at radius 1 is 1.42 bits per heavy atom.